The Morgan fingerprint density at radius 3 is 2.50 bits per heavy atom. The lowest BCUT2D eigenvalue weighted by atomic mass is 9.56. The molecule has 7 rings (SSSR count). The maximum Gasteiger partial charge on any atom is 0.310 e. The van der Waals surface area contributed by atoms with Crippen LogP contribution in [0, 0.1) is 12.3 Å². The fraction of sp³-hybridized carbons (Fsp3) is 0.400. The van der Waals surface area contributed by atoms with E-state index in [-0.39, 0.29) is 12.0 Å². The number of nitrogens with one attached hydrogen (secondary N) is 1. The van der Waals surface area contributed by atoms with Gasteiger partial charge in [0.2, 0.25) is 0 Å². The van der Waals surface area contributed by atoms with Gasteiger partial charge in [-0.1, -0.05) is 51.4 Å². The van der Waals surface area contributed by atoms with Crippen molar-refractivity contribution in [3.63, 3.8) is 0 Å². The number of hydrogen-bond donors (Lipinski definition) is 2. The second-order valence-electron chi connectivity index (χ2n) is 11.0. The summed E-state index contributed by atoms with van der Waals surface area (Å²) >= 11 is 3.56. The average Bonchev–Trinajstić information content (AvgIpc) is 2.88. The Balaban J connectivity index is 1.42. The van der Waals surface area contributed by atoms with E-state index in [0.29, 0.717) is 43.4 Å². The summed E-state index contributed by atoms with van der Waals surface area (Å²) in [5.74, 6) is -0.993. The second-order valence-corrected chi connectivity index (χ2v) is 11.9. The molecule has 38 heavy (non-hydrogen) atoms. The molecule has 0 aliphatic heterocycles. The Kier molecular flexibility index (Phi) is 6.25. The SMILES string of the molecule is Cc1c(-c2ccccc2)nc2ccc(Br)cc2c1C(=O)NC12CCC(C(=O)O)(CC1)C/C2=N\OC1CCC1. The minimum absolute atomic E-state index is 0.0775. The number of carbonyl (C=O) groups is 2. The zero-order valence-electron chi connectivity index (χ0n) is 21.3. The van der Waals surface area contributed by atoms with Crippen LogP contribution >= 0.6 is 15.9 Å². The summed E-state index contributed by atoms with van der Waals surface area (Å²) in [6, 6.07) is 15.7. The first-order chi connectivity index (χ1) is 18.3. The smallest absolute Gasteiger partial charge is 0.310 e. The summed E-state index contributed by atoms with van der Waals surface area (Å²) in [6.45, 7) is 1.94. The minimum Gasteiger partial charge on any atom is -0.481 e. The van der Waals surface area contributed by atoms with Gasteiger partial charge in [0, 0.05) is 21.8 Å². The van der Waals surface area contributed by atoms with Crippen LogP contribution < -0.4 is 5.32 Å². The number of aromatic nitrogens is 1. The molecule has 2 N–H and O–H groups in total. The summed E-state index contributed by atoms with van der Waals surface area (Å²) < 4.78 is 0.864. The van der Waals surface area contributed by atoms with E-state index in [1.807, 2.05) is 55.5 Å². The Morgan fingerprint density at radius 2 is 1.84 bits per heavy atom. The molecule has 196 valence electrons. The molecule has 4 fully saturated rings. The van der Waals surface area contributed by atoms with Crippen molar-refractivity contribution in [3.05, 3.63) is 64.1 Å². The number of fused-ring (bicyclic) bond motifs is 4. The molecule has 2 bridgehead atoms. The third kappa shape index (κ3) is 4.19. The highest BCUT2D eigenvalue weighted by Crippen LogP contribution is 2.51. The number of nitrogens with zero attached hydrogens (tertiary/aromatic N) is 2. The van der Waals surface area contributed by atoms with Gasteiger partial charge >= 0.3 is 5.97 Å². The van der Waals surface area contributed by atoms with Crippen molar-refractivity contribution in [3.8, 4) is 11.3 Å². The number of pyridine rings is 1. The molecule has 0 radical (unpaired) electrons. The van der Waals surface area contributed by atoms with E-state index in [1.54, 1.807) is 0 Å². The summed E-state index contributed by atoms with van der Waals surface area (Å²) in [5, 5.41) is 18.7. The first-order valence-electron chi connectivity index (χ1n) is 13.2. The Bertz CT molecular complexity index is 1460. The number of hydrogen-bond acceptors (Lipinski definition) is 5. The van der Waals surface area contributed by atoms with Crippen LogP contribution in [0.4, 0.5) is 0 Å². The van der Waals surface area contributed by atoms with Gasteiger partial charge in [-0.2, -0.15) is 0 Å². The fourth-order valence-electron chi connectivity index (χ4n) is 6.11. The van der Waals surface area contributed by atoms with Gasteiger partial charge in [0.1, 0.15) is 6.10 Å². The summed E-state index contributed by atoms with van der Waals surface area (Å²) in [6.07, 6.45) is 5.46. The van der Waals surface area contributed by atoms with Gasteiger partial charge < -0.3 is 15.3 Å². The Hall–Kier alpha value is -3.26. The van der Waals surface area contributed by atoms with Crippen molar-refractivity contribution in [2.24, 2.45) is 10.6 Å². The lowest BCUT2D eigenvalue weighted by Gasteiger charge is -2.51. The molecule has 0 saturated heterocycles. The second kappa shape index (κ2) is 9.49. The first-order valence-corrected chi connectivity index (χ1v) is 14.0. The van der Waals surface area contributed by atoms with E-state index in [2.05, 4.69) is 26.4 Å². The van der Waals surface area contributed by atoms with E-state index < -0.39 is 16.9 Å². The quantitative estimate of drug-likeness (QED) is 0.330. The number of amides is 1. The van der Waals surface area contributed by atoms with Crippen molar-refractivity contribution in [1.82, 2.24) is 10.3 Å². The highest BCUT2D eigenvalue weighted by Gasteiger charge is 2.57. The number of carboxylic acids is 1. The minimum atomic E-state index is -0.834. The van der Waals surface area contributed by atoms with Crippen LogP contribution in [0.1, 0.15) is 67.3 Å². The number of benzene rings is 2. The van der Waals surface area contributed by atoms with Gasteiger partial charge in [-0.25, -0.2) is 4.98 Å². The van der Waals surface area contributed by atoms with Crippen LogP contribution in [-0.2, 0) is 9.63 Å². The molecule has 1 amide bonds. The summed E-state index contributed by atoms with van der Waals surface area (Å²) in [5.41, 5.74) is 2.91. The highest BCUT2D eigenvalue weighted by molar-refractivity contribution is 9.10. The molecule has 4 saturated carbocycles. The third-order valence-electron chi connectivity index (χ3n) is 8.75. The monoisotopic (exact) mass is 575 g/mol. The topological polar surface area (TPSA) is 101 Å². The number of aliphatic carboxylic acids is 1. The molecule has 4 aliphatic carbocycles. The standard InChI is InChI=1S/C30H30BrN3O4/c1-18-25(22-16-20(31)10-11-23(22)32-26(18)19-6-3-2-4-7-19)27(35)33-30-14-12-29(13-15-30,28(36)37)17-24(30)34-38-21-8-5-9-21/h2-4,6-7,10-11,16,21H,5,8-9,12-15,17H2,1H3,(H,33,35)(H,36,37)/b34-24+. The Morgan fingerprint density at radius 1 is 1.11 bits per heavy atom. The first kappa shape index (κ1) is 25.0. The number of halogens is 1. The van der Waals surface area contributed by atoms with Crippen LogP contribution in [0.3, 0.4) is 0 Å². The van der Waals surface area contributed by atoms with E-state index in [4.69, 9.17) is 9.82 Å². The molecule has 1 heterocycles. The number of carbonyl (C=O) groups excluding carboxylic acids is 1. The zero-order chi connectivity index (χ0) is 26.5. The lowest BCUT2D eigenvalue weighted by molar-refractivity contribution is -0.152. The molecule has 4 aliphatic rings. The van der Waals surface area contributed by atoms with Crippen LogP contribution in [0.15, 0.2) is 58.2 Å². The van der Waals surface area contributed by atoms with Gasteiger partial charge in [0.25, 0.3) is 5.91 Å². The van der Waals surface area contributed by atoms with Crippen molar-refractivity contribution in [1.29, 1.82) is 0 Å². The molecule has 1 aromatic heterocycles. The highest BCUT2D eigenvalue weighted by atomic mass is 79.9. The van der Waals surface area contributed by atoms with Gasteiger partial charge in [0.15, 0.2) is 0 Å². The van der Waals surface area contributed by atoms with E-state index in [0.717, 1.165) is 51.5 Å². The fourth-order valence-corrected chi connectivity index (χ4v) is 6.47. The van der Waals surface area contributed by atoms with Crippen LogP contribution in [0.25, 0.3) is 22.2 Å². The van der Waals surface area contributed by atoms with Gasteiger partial charge in [-0.05, 0) is 75.6 Å². The zero-order valence-corrected chi connectivity index (χ0v) is 22.9. The van der Waals surface area contributed by atoms with E-state index >= 15 is 0 Å². The largest absolute Gasteiger partial charge is 0.481 e. The van der Waals surface area contributed by atoms with Crippen molar-refractivity contribution in [2.45, 2.75) is 69.9 Å². The third-order valence-corrected chi connectivity index (χ3v) is 9.25. The number of carboxylic acid groups (broad SMARTS) is 1. The van der Waals surface area contributed by atoms with Crippen molar-refractivity contribution >= 4 is 44.4 Å². The van der Waals surface area contributed by atoms with Gasteiger partial charge in [-0.15, -0.1) is 0 Å². The maximum absolute atomic E-state index is 14.2. The molecular formula is C30H30BrN3O4. The number of rotatable bonds is 6. The summed E-state index contributed by atoms with van der Waals surface area (Å²) in [7, 11) is 0. The maximum atomic E-state index is 14.2. The molecule has 0 unspecified atom stereocenters. The van der Waals surface area contributed by atoms with E-state index in [9.17, 15) is 14.7 Å². The Labute approximate surface area is 229 Å². The molecule has 2 aromatic carbocycles. The predicted molar refractivity (Wildman–Crippen MR) is 149 cm³/mol. The number of oxime groups is 1. The van der Waals surface area contributed by atoms with Crippen molar-refractivity contribution in [2.75, 3.05) is 0 Å². The van der Waals surface area contributed by atoms with Crippen molar-refractivity contribution < 1.29 is 19.5 Å². The molecule has 7 nitrogen and oxygen atoms in total. The normalized spacial score (nSPS) is 25.8. The lowest BCUT2D eigenvalue weighted by Crippen LogP contribution is -2.64. The van der Waals surface area contributed by atoms with E-state index in [1.165, 1.54) is 0 Å². The molecule has 8 heteroatoms. The van der Waals surface area contributed by atoms with Gasteiger partial charge in [-0.3, -0.25) is 9.59 Å². The molecule has 3 aromatic rings. The molecule has 0 atom stereocenters. The van der Waals surface area contributed by atoms with Gasteiger partial charge in [0.05, 0.1) is 33.4 Å². The average molecular weight is 576 g/mol. The summed E-state index contributed by atoms with van der Waals surface area (Å²) in [4.78, 5) is 37.2. The van der Waals surface area contributed by atoms with Crippen LogP contribution in [0.2, 0.25) is 0 Å². The molecular weight excluding hydrogens is 546 g/mol. The molecule has 0 spiro atoms. The predicted octanol–water partition coefficient (Wildman–Crippen LogP) is 6.42. The van der Waals surface area contributed by atoms with Crippen LogP contribution in [-0.4, -0.2) is 39.3 Å². The van der Waals surface area contributed by atoms with Crippen LogP contribution in [0.5, 0.6) is 0 Å².